The zero-order valence-electron chi connectivity index (χ0n) is 14.0. The molecule has 0 bridgehead atoms. The fraction of sp³-hybridized carbons (Fsp3) is 0.556. The number of benzene rings is 1. The van der Waals surface area contributed by atoms with E-state index in [-0.39, 0.29) is 11.9 Å². The standard InChI is InChI=1S/C18H24N2O3/c1-12-5-6-13(2)15(11-12)23-10-4-9-20-16(21)18(3,14-7-8-14)19-17(20)22/h5-6,11,14H,4,7-10H2,1-3H3,(H,19,22). The predicted octanol–water partition coefficient (Wildman–Crippen LogP) is 2.79. The minimum Gasteiger partial charge on any atom is -0.493 e. The molecule has 1 saturated heterocycles. The van der Waals surface area contributed by atoms with Gasteiger partial charge in [0.05, 0.1) is 6.61 Å². The molecule has 1 unspecified atom stereocenters. The van der Waals surface area contributed by atoms with Crippen LogP contribution in [0.2, 0.25) is 0 Å². The number of rotatable bonds is 6. The number of amides is 3. The highest BCUT2D eigenvalue weighted by atomic mass is 16.5. The van der Waals surface area contributed by atoms with Gasteiger partial charge in [0.2, 0.25) is 0 Å². The van der Waals surface area contributed by atoms with Crippen LogP contribution in [-0.2, 0) is 4.79 Å². The second-order valence-electron chi connectivity index (χ2n) is 6.83. The smallest absolute Gasteiger partial charge is 0.325 e. The molecule has 3 amide bonds. The van der Waals surface area contributed by atoms with E-state index >= 15 is 0 Å². The van der Waals surface area contributed by atoms with Crippen LogP contribution in [0.5, 0.6) is 5.75 Å². The third kappa shape index (κ3) is 3.05. The Morgan fingerprint density at radius 3 is 2.74 bits per heavy atom. The van der Waals surface area contributed by atoms with Gasteiger partial charge in [0.15, 0.2) is 0 Å². The number of urea groups is 1. The lowest BCUT2D eigenvalue weighted by molar-refractivity contribution is -0.131. The first-order valence-corrected chi connectivity index (χ1v) is 8.26. The minimum atomic E-state index is -0.689. The molecule has 0 spiro atoms. The summed E-state index contributed by atoms with van der Waals surface area (Å²) < 4.78 is 5.79. The van der Waals surface area contributed by atoms with Crippen molar-refractivity contribution >= 4 is 11.9 Å². The fourth-order valence-corrected chi connectivity index (χ4v) is 3.12. The van der Waals surface area contributed by atoms with Crippen LogP contribution in [0.25, 0.3) is 0 Å². The molecule has 1 saturated carbocycles. The summed E-state index contributed by atoms with van der Waals surface area (Å²) in [7, 11) is 0. The zero-order valence-corrected chi connectivity index (χ0v) is 14.0. The zero-order chi connectivity index (χ0) is 16.6. The molecule has 1 aromatic carbocycles. The van der Waals surface area contributed by atoms with Gasteiger partial charge in [-0.25, -0.2) is 4.79 Å². The summed E-state index contributed by atoms with van der Waals surface area (Å²) in [5, 5.41) is 2.86. The van der Waals surface area contributed by atoms with Crippen molar-refractivity contribution in [1.82, 2.24) is 10.2 Å². The summed E-state index contributed by atoms with van der Waals surface area (Å²) in [4.78, 5) is 25.9. The molecular weight excluding hydrogens is 292 g/mol. The Morgan fingerprint density at radius 2 is 2.04 bits per heavy atom. The quantitative estimate of drug-likeness (QED) is 0.648. The van der Waals surface area contributed by atoms with Crippen LogP contribution in [0.15, 0.2) is 18.2 Å². The Labute approximate surface area is 137 Å². The highest BCUT2D eigenvalue weighted by Gasteiger charge is 2.55. The van der Waals surface area contributed by atoms with E-state index in [4.69, 9.17) is 4.74 Å². The first-order valence-electron chi connectivity index (χ1n) is 8.26. The summed E-state index contributed by atoms with van der Waals surface area (Å²) in [5.41, 5.74) is 1.55. The highest BCUT2D eigenvalue weighted by Crippen LogP contribution is 2.42. The molecule has 23 heavy (non-hydrogen) atoms. The van der Waals surface area contributed by atoms with Crippen molar-refractivity contribution in [3.63, 3.8) is 0 Å². The molecule has 1 aliphatic carbocycles. The van der Waals surface area contributed by atoms with Crippen molar-refractivity contribution in [2.75, 3.05) is 13.2 Å². The Kier molecular flexibility index (Phi) is 4.04. The van der Waals surface area contributed by atoms with Gasteiger partial charge in [-0.05, 0) is 63.1 Å². The lowest BCUT2D eigenvalue weighted by atomic mass is 9.96. The SMILES string of the molecule is Cc1ccc(C)c(OCCCN2C(=O)NC(C)(C3CC3)C2=O)c1. The van der Waals surface area contributed by atoms with E-state index < -0.39 is 5.54 Å². The van der Waals surface area contributed by atoms with Gasteiger partial charge >= 0.3 is 6.03 Å². The second-order valence-corrected chi connectivity index (χ2v) is 6.83. The van der Waals surface area contributed by atoms with Crippen molar-refractivity contribution in [3.05, 3.63) is 29.3 Å². The number of ether oxygens (including phenoxy) is 1. The van der Waals surface area contributed by atoms with E-state index in [1.165, 1.54) is 4.90 Å². The normalized spacial score (nSPS) is 24.0. The van der Waals surface area contributed by atoms with Gasteiger partial charge < -0.3 is 10.1 Å². The maximum absolute atomic E-state index is 12.5. The second kappa shape index (κ2) is 5.87. The van der Waals surface area contributed by atoms with Crippen molar-refractivity contribution in [1.29, 1.82) is 0 Å². The lowest BCUT2D eigenvalue weighted by Gasteiger charge is -2.21. The molecule has 1 heterocycles. The molecular formula is C18H24N2O3. The molecule has 124 valence electrons. The number of imide groups is 1. The lowest BCUT2D eigenvalue weighted by Crippen LogP contribution is -2.46. The van der Waals surface area contributed by atoms with Crippen LogP contribution in [0, 0.1) is 19.8 Å². The van der Waals surface area contributed by atoms with E-state index in [2.05, 4.69) is 5.32 Å². The summed E-state index contributed by atoms with van der Waals surface area (Å²) in [6.45, 7) is 6.77. The van der Waals surface area contributed by atoms with E-state index in [1.54, 1.807) is 0 Å². The van der Waals surface area contributed by atoms with E-state index in [1.807, 2.05) is 39.0 Å². The van der Waals surface area contributed by atoms with Crippen LogP contribution in [0.4, 0.5) is 4.79 Å². The molecule has 1 aromatic rings. The Morgan fingerprint density at radius 1 is 1.30 bits per heavy atom. The van der Waals surface area contributed by atoms with Crippen LogP contribution < -0.4 is 10.1 Å². The van der Waals surface area contributed by atoms with Crippen LogP contribution in [-0.4, -0.2) is 35.5 Å². The summed E-state index contributed by atoms with van der Waals surface area (Å²) in [5.74, 6) is 1.08. The third-order valence-electron chi connectivity index (χ3n) is 4.82. The predicted molar refractivity (Wildman–Crippen MR) is 87.4 cm³/mol. The molecule has 1 atom stereocenters. The van der Waals surface area contributed by atoms with Gasteiger partial charge in [0.25, 0.3) is 5.91 Å². The molecule has 1 N–H and O–H groups in total. The van der Waals surface area contributed by atoms with Gasteiger partial charge in [0.1, 0.15) is 11.3 Å². The molecule has 5 heteroatoms. The van der Waals surface area contributed by atoms with Crippen molar-refractivity contribution in [3.8, 4) is 5.75 Å². The van der Waals surface area contributed by atoms with Gasteiger partial charge in [-0.1, -0.05) is 12.1 Å². The Bertz CT molecular complexity index is 639. The summed E-state index contributed by atoms with van der Waals surface area (Å²) in [6.07, 6.45) is 2.67. The molecule has 5 nitrogen and oxygen atoms in total. The highest BCUT2D eigenvalue weighted by molar-refractivity contribution is 6.07. The molecule has 2 fully saturated rings. The van der Waals surface area contributed by atoms with E-state index in [0.717, 1.165) is 29.7 Å². The average Bonchev–Trinajstić information content (AvgIpc) is 3.31. The largest absolute Gasteiger partial charge is 0.493 e. The minimum absolute atomic E-state index is 0.0864. The summed E-state index contributed by atoms with van der Waals surface area (Å²) in [6, 6.07) is 5.82. The van der Waals surface area contributed by atoms with Gasteiger partial charge in [-0.15, -0.1) is 0 Å². The monoisotopic (exact) mass is 316 g/mol. The van der Waals surface area contributed by atoms with Crippen molar-refractivity contribution in [2.45, 2.75) is 45.6 Å². The molecule has 2 aliphatic rings. The van der Waals surface area contributed by atoms with Crippen molar-refractivity contribution in [2.24, 2.45) is 5.92 Å². The third-order valence-corrected chi connectivity index (χ3v) is 4.82. The maximum atomic E-state index is 12.5. The number of nitrogens with one attached hydrogen (secondary N) is 1. The molecule has 1 aliphatic heterocycles. The average molecular weight is 316 g/mol. The molecule has 3 rings (SSSR count). The summed E-state index contributed by atoms with van der Waals surface area (Å²) >= 11 is 0. The number of carbonyl (C=O) groups excluding carboxylic acids is 2. The Balaban J connectivity index is 1.52. The Hall–Kier alpha value is -2.04. The maximum Gasteiger partial charge on any atom is 0.325 e. The molecule has 0 aromatic heterocycles. The fourth-order valence-electron chi connectivity index (χ4n) is 3.12. The van der Waals surface area contributed by atoms with Gasteiger partial charge in [-0.3, -0.25) is 9.69 Å². The van der Waals surface area contributed by atoms with Crippen LogP contribution in [0.3, 0.4) is 0 Å². The van der Waals surface area contributed by atoms with Gasteiger partial charge in [0, 0.05) is 6.54 Å². The van der Waals surface area contributed by atoms with Gasteiger partial charge in [-0.2, -0.15) is 0 Å². The first kappa shape index (κ1) is 15.8. The molecule has 0 radical (unpaired) electrons. The number of hydrogen-bond donors (Lipinski definition) is 1. The van der Waals surface area contributed by atoms with Crippen molar-refractivity contribution < 1.29 is 14.3 Å². The first-order chi connectivity index (χ1) is 10.9. The van der Waals surface area contributed by atoms with E-state index in [9.17, 15) is 9.59 Å². The number of hydrogen-bond acceptors (Lipinski definition) is 3. The van der Waals surface area contributed by atoms with E-state index in [0.29, 0.717) is 25.5 Å². The van der Waals surface area contributed by atoms with Crippen LogP contribution >= 0.6 is 0 Å². The number of nitrogens with zero attached hydrogens (tertiary/aromatic N) is 1. The van der Waals surface area contributed by atoms with Crippen LogP contribution in [0.1, 0.15) is 37.3 Å². The number of carbonyl (C=O) groups is 2. The number of aryl methyl sites for hydroxylation is 2. The topological polar surface area (TPSA) is 58.6 Å².